The second kappa shape index (κ2) is 10.1. The lowest BCUT2D eigenvalue weighted by Crippen LogP contribution is -2.55. The summed E-state index contributed by atoms with van der Waals surface area (Å²) in [5, 5.41) is 14.1. The number of nitrogens with two attached hydrogens (primary N) is 2. The van der Waals surface area contributed by atoms with Gasteiger partial charge >= 0.3 is 5.97 Å². The molecule has 0 bridgehead atoms. The fourth-order valence-corrected chi connectivity index (χ4v) is 1.83. The maximum absolute atomic E-state index is 12.3. The van der Waals surface area contributed by atoms with Gasteiger partial charge in [0.15, 0.2) is 0 Å². The van der Waals surface area contributed by atoms with Gasteiger partial charge in [-0.05, 0) is 38.6 Å². The van der Waals surface area contributed by atoms with Crippen LogP contribution in [0.4, 0.5) is 0 Å². The third-order valence-electron chi connectivity index (χ3n) is 3.22. The number of aliphatic carboxylic acids is 1. The standard InChI is InChI=1S/C14H28N4O4/c1-8(2)11(14(21)22)18-13(20)10(6-4-5-7-15)17-12(19)9(3)16/h8-11H,4-7,15-16H2,1-3H3,(H,17,19)(H,18,20)(H,21,22). The highest BCUT2D eigenvalue weighted by Gasteiger charge is 2.28. The van der Waals surface area contributed by atoms with Crippen molar-refractivity contribution in [1.29, 1.82) is 0 Å². The second-order valence-corrected chi connectivity index (χ2v) is 5.70. The van der Waals surface area contributed by atoms with E-state index in [2.05, 4.69) is 10.6 Å². The van der Waals surface area contributed by atoms with E-state index < -0.39 is 35.9 Å². The average Bonchev–Trinajstić information content (AvgIpc) is 2.42. The molecular formula is C14H28N4O4. The Morgan fingerprint density at radius 1 is 1.05 bits per heavy atom. The van der Waals surface area contributed by atoms with Crippen LogP contribution >= 0.6 is 0 Å². The topological polar surface area (TPSA) is 148 Å². The molecule has 0 saturated carbocycles. The van der Waals surface area contributed by atoms with Crippen LogP contribution in [0.5, 0.6) is 0 Å². The molecule has 0 heterocycles. The zero-order valence-electron chi connectivity index (χ0n) is 13.5. The van der Waals surface area contributed by atoms with Crippen LogP contribution in [0.25, 0.3) is 0 Å². The molecule has 0 spiro atoms. The first-order valence-corrected chi connectivity index (χ1v) is 7.49. The van der Waals surface area contributed by atoms with E-state index in [1.165, 1.54) is 6.92 Å². The van der Waals surface area contributed by atoms with Gasteiger partial charge in [0.05, 0.1) is 6.04 Å². The van der Waals surface area contributed by atoms with E-state index in [9.17, 15) is 14.4 Å². The van der Waals surface area contributed by atoms with E-state index >= 15 is 0 Å². The minimum absolute atomic E-state index is 0.268. The van der Waals surface area contributed by atoms with Gasteiger partial charge in [0, 0.05) is 0 Å². The summed E-state index contributed by atoms with van der Waals surface area (Å²) in [5.41, 5.74) is 10.9. The fourth-order valence-electron chi connectivity index (χ4n) is 1.83. The van der Waals surface area contributed by atoms with E-state index in [-0.39, 0.29) is 5.92 Å². The van der Waals surface area contributed by atoms with Crippen molar-refractivity contribution in [2.24, 2.45) is 17.4 Å². The number of unbranched alkanes of at least 4 members (excludes halogenated alkanes) is 1. The van der Waals surface area contributed by atoms with Crippen molar-refractivity contribution >= 4 is 17.8 Å². The normalized spacial score (nSPS) is 15.0. The summed E-state index contributed by atoms with van der Waals surface area (Å²) in [6.45, 7) is 5.39. The molecule has 7 N–H and O–H groups in total. The lowest BCUT2D eigenvalue weighted by atomic mass is 10.0. The molecule has 0 aliphatic heterocycles. The Kier molecular flexibility index (Phi) is 9.35. The van der Waals surface area contributed by atoms with Crippen LogP contribution < -0.4 is 22.1 Å². The molecule has 8 nitrogen and oxygen atoms in total. The summed E-state index contributed by atoms with van der Waals surface area (Å²) >= 11 is 0. The average molecular weight is 316 g/mol. The molecule has 0 fully saturated rings. The summed E-state index contributed by atoms with van der Waals surface area (Å²) in [6.07, 6.45) is 1.74. The lowest BCUT2D eigenvalue weighted by molar-refractivity contribution is -0.143. The predicted molar refractivity (Wildman–Crippen MR) is 82.9 cm³/mol. The number of hydrogen-bond donors (Lipinski definition) is 5. The van der Waals surface area contributed by atoms with Crippen LogP contribution in [0.2, 0.25) is 0 Å². The van der Waals surface area contributed by atoms with Crippen molar-refractivity contribution in [1.82, 2.24) is 10.6 Å². The number of carbonyl (C=O) groups is 3. The summed E-state index contributed by atoms with van der Waals surface area (Å²) in [5.74, 6) is -2.35. The quantitative estimate of drug-likeness (QED) is 0.332. The Morgan fingerprint density at radius 2 is 1.64 bits per heavy atom. The smallest absolute Gasteiger partial charge is 0.326 e. The first-order chi connectivity index (χ1) is 10.2. The minimum Gasteiger partial charge on any atom is -0.480 e. The van der Waals surface area contributed by atoms with Crippen molar-refractivity contribution < 1.29 is 19.5 Å². The Balaban J connectivity index is 4.85. The molecule has 0 radical (unpaired) electrons. The van der Waals surface area contributed by atoms with Crippen molar-refractivity contribution in [2.75, 3.05) is 6.54 Å². The maximum Gasteiger partial charge on any atom is 0.326 e. The monoisotopic (exact) mass is 316 g/mol. The van der Waals surface area contributed by atoms with Crippen molar-refractivity contribution in [2.45, 2.75) is 58.2 Å². The molecule has 0 aromatic rings. The van der Waals surface area contributed by atoms with Crippen molar-refractivity contribution in [3.63, 3.8) is 0 Å². The number of hydrogen-bond acceptors (Lipinski definition) is 5. The zero-order valence-corrected chi connectivity index (χ0v) is 13.5. The van der Waals surface area contributed by atoms with Crippen molar-refractivity contribution in [3.05, 3.63) is 0 Å². The molecule has 3 unspecified atom stereocenters. The third-order valence-corrected chi connectivity index (χ3v) is 3.22. The summed E-state index contributed by atoms with van der Waals surface area (Å²) in [6, 6.07) is -2.56. The maximum atomic E-state index is 12.3. The molecule has 0 rings (SSSR count). The van der Waals surface area contributed by atoms with Gasteiger partial charge < -0.3 is 27.2 Å². The van der Waals surface area contributed by atoms with Crippen LogP contribution in [0.3, 0.4) is 0 Å². The zero-order chi connectivity index (χ0) is 17.3. The summed E-state index contributed by atoms with van der Waals surface area (Å²) < 4.78 is 0. The number of rotatable bonds is 10. The number of carboxylic acid groups (broad SMARTS) is 1. The molecule has 0 saturated heterocycles. The van der Waals surface area contributed by atoms with Crippen LogP contribution in [-0.4, -0.2) is 47.6 Å². The Labute approximate surface area is 131 Å². The largest absolute Gasteiger partial charge is 0.480 e. The predicted octanol–water partition coefficient (Wildman–Crippen LogP) is -0.827. The first-order valence-electron chi connectivity index (χ1n) is 7.49. The van der Waals surface area contributed by atoms with E-state index in [4.69, 9.17) is 16.6 Å². The van der Waals surface area contributed by atoms with Crippen molar-refractivity contribution in [3.8, 4) is 0 Å². The van der Waals surface area contributed by atoms with E-state index in [1.807, 2.05) is 0 Å². The third kappa shape index (κ3) is 7.37. The highest BCUT2D eigenvalue weighted by molar-refractivity contribution is 5.91. The van der Waals surface area contributed by atoms with Gasteiger partial charge in [0.25, 0.3) is 0 Å². The molecular weight excluding hydrogens is 288 g/mol. The van der Waals surface area contributed by atoms with Crippen LogP contribution in [-0.2, 0) is 14.4 Å². The van der Waals surface area contributed by atoms with Crippen LogP contribution in [0.15, 0.2) is 0 Å². The number of nitrogens with one attached hydrogen (secondary N) is 2. The van der Waals surface area contributed by atoms with Gasteiger partial charge in [0.1, 0.15) is 12.1 Å². The van der Waals surface area contributed by atoms with E-state index in [1.54, 1.807) is 13.8 Å². The number of carboxylic acids is 1. The Hall–Kier alpha value is -1.67. The molecule has 2 amide bonds. The Bertz CT molecular complexity index is 385. The molecule has 3 atom stereocenters. The SMILES string of the molecule is CC(N)C(=O)NC(CCCCN)C(=O)NC(C(=O)O)C(C)C. The molecule has 0 aromatic carbocycles. The molecule has 8 heteroatoms. The molecule has 0 aliphatic rings. The van der Waals surface area contributed by atoms with Gasteiger partial charge in [-0.15, -0.1) is 0 Å². The molecule has 22 heavy (non-hydrogen) atoms. The van der Waals surface area contributed by atoms with Crippen LogP contribution in [0.1, 0.15) is 40.0 Å². The second-order valence-electron chi connectivity index (χ2n) is 5.70. The fraction of sp³-hybridized carbons (Fsp3) is 0.786. The van der Waals surface area contributed by atoms with Gasteiger partial charge in [-0.25, -0.2) is 4.79 Å². The first kappa shape index (κ1) is 20.3. The van der Waals surface area contributed by atoms with Gasteiger partial charge in [-0.3, -0.25) is 9.59 Å². The Morgan fingerprint density at radius 3 is 2.05 bits per heavy atom. The van der Waals surface area contributed by atoms with Gasteiger partial charge in [0.2, 0.25) is 11.8 Å². The number of amides is 2. The molecule has 128 valence electrons. The number of carbonyl (C=O) groups excluding carboxylic acids is 2. The van der Waals surface area contributed by atoms with Gasteiger partial charge in [-0.1, -0.05) is 13.8 Å². The minimum atomic E-state index is -1.11. The van der Waals surface area contributed by atoms with E-state index in [0.717, 1.165) is 0 Å². The summed E-state index contributed by atoms with van der Waals surface area (Å²) in [4.78, 5) is 35.1. The van der Waals surface area contributed by atoms with Gasteiger partial charge in [-0.2, -0.15) is 0 Å². The lowest BCUT2D eigenvalue weighted by Gasteiger charge is -2.23. The molecule has 0 aliphatic carbocycles. The van der Waals surface area contributed by atoms with E-state index in [0.29, 0.717) is 25.8 Å². The highest BCUT2D eigenvalue weighted by Crippen LogP contribution is 2.06. The highest BCUT2D eigenvalue weighted by atomic mass is 16.4. The molecule has 0 aromatic heterocycles. The summed E-state index contributed by atoms with van der Waals surface area (Å²) in [7, 11) is 0. The van der Waals surface area contributed by atoms with Crippen LogP contribution in [0, 0.1) is 5.92 Å².